The Morgan fingerprint density at radius 1 is 1.47 bits per heavy atom. The van der Waals surface area contributed by atoms with E-state index in [0.29, 0.717) is 18.8 Å². The van der Waals surface area contributed by atoms with Gasteiger partial charge in [-0.2, -0.15) is 0 Å². The van der Waals surface area contributed by atoms with Crippen LogP contribution in [-0.4, -0.2) is 25.9 Å². The van der Waals surface area contributed by atoms with Crippen molar-refractivity contribution >= 4 is 0 Å². The molecular weight excluding hydrogens is 238 g/mol. The highest BCUT2D eigenvalue weighted by molar-refractivity contribution is 5.29. The molecule has 0 unspecified atom stereocenters. The first-order valence-corrected chi connectivity index (χ1v) is 6.81. The average Bonchev–Trinajstić information content (AvgIpc) is 2.96. The zero-order valence-corrected chi connectivity index (χ0v) is 11.4. The van der Waals surface area contributed by atoms with Gasteiger partial charge in [-0.25, -0.2) is 0 Å². The molecule has 1 fully saturated rings. The van der Waals surface area contributed by atoms with Crippen LogP contribution in [0.25, 0.3) is 0 Å². The molecule has 1 saturated heterocycles. The molecule has 0 aliphatic carbocycles. The van der Waals surface area contributed by atoms with Crippen molar-refractivity contribution in [3.63, 3.8) is 0 Å². The van der Waals surface area contributed by atoms with Crippen molar-refractivity contribution < 1.29 is 9.47 Å². The molecule has 1 aliphatic heterocycles. The minimum atomic E-state index is 0.311. The second-order valence-corrected chi connectivity index (χ2v) is 4.83. The summed E-state index contributed by atoms with van der Waals surface area (Å²) in [5.41, 5.74) is 1.24. The molecule has 1 aromatic rings. The Hall–Kier alpha value is -1.50. The Morgan fingerprint density at radius 3 is 2.89 bits per heavy atom. The van der Waals surface area contributed by atoms with Crippen molar-refractivity contribution in [2.45, 2.75) is 31.9 Å². The van der Waals surface area contributed by atoms with Crippen LogP contribution in [0.1, 0.15) is 31.4 Å². The highest BCUT2D eigenvalue weighted by Crippen LogP contribution is 2.18. The lowest BCUT2D eigenvalue weighted by Crippen LogP contribution is -2.28. The highest BCUT2D eigenvalue weighted by Gasteiger charge is 2.16. The normalized spacial score (nSPS) is 19.9. The Kier molecular flexibility index (Phi) is 5.26. The molecular formula is C16H21NO2. The summed E-state index contributed by atoms with van der Waals surface area (Å²) < 4.78 is 11.0. The Labute approximate surface area is 115 Å². The molecule has 1 N–H and O–H groups in total. The first kappa shape index (κ1) is 13.9. The average molecular weight is 259 g/mol. The SMILES string of the molecule is C#CCOc1ccc([C@@H](C)NC[C@@H]2CCCO2)cc1. The number of ether oxygens (including phenoxy) is 2. The zero-order valence-electron chi connectivity index (χ0n) is 11.4. The molecule has 0 saturated carbocycles. The Balaban J connectivity index is 1.81. The minimum Gasteiger partial charge on any atom is -0.481 e. The minimum absolute atomic E-state index is 0.311. The summed E-state index contributed by atoms with van der Waals surface area (Å²) in [4.78, 5) is 0. The van der Waals surface area contributed by atoms with Crippen molar-refractivity contribution in [2.24, 2.45) is 0 Å². The molecule has 2 atom stereocenters. The Bertz CT molecular complexity index is 415. The summed E-state index contributed by atoms with van der Waals surface area (Å²) in [6.07, 6.45) is 7.88. The van der Waals surface area contributed by atoms with Crippen LogP contribution >= 0.6 is 0 Å². The molecule has 3 nitrogen and oxygen atoms in total. The number of nitrogens with one attached hydrogen (secondary N) is 1. The fourth-order valence-corrected chi connectivity index (χ4v) is 2.21. The maximum atomic E-state index is 5.60. The fourth-order valence-electron chi connectivity index (χ4n) is 2.21. The van der Waals surface area contributed by atoms with E-state index < -0.39 is 0 Å². The van der Waals surface area contributed by atoms with Gasteiger partial charge in [0.15, 0.2) is 0 Å². The third-order valence-corrected chi connectivity index (χ3v) is 3.38. The third kappa shape index (κ3) is 4.27. The van der Waals surface area contributed by atoms with E-state index in [1.807, 2.05) is 12.1 Å². The van der Waals surface area contributed by atoms with E-state index in [4.69, 9.17) is 15.9 Å². The summed E-state index contributed by atoms with van der Waals surface area (Å²) >= 11 is 0. The van der Waals surface area contributed by atoms with Gasteiger partial charge in [-0.3, -0.25) is 0 Å². The molecule has 1 heterocycles. The van der Waals surface area contributed by atoms with E-state index in [0.717, 1.165) is 18.9 Å². The van der Waals surface area contributed by atoms with Gasteiger partial charge in [0.05, 0.1) is 6.10 Å². The van der Waals surface area contributed by atoms with E-state index in [2.05, 4.69) is 30.3 Å². The van der Waals surface area contributed by atoms with Gasteiger partial charge in [0.2, 0.25) is 0 Å². The van der Waals surface area contributed by atoms with Crippen LogP contribution in [-0.2, 0) is 4.74 Å². The van der Waals surface area contributed by atoms with E-state index >= 15 is 0 Å². The molecule has 1 aromatic carbocycles. The van der Waals surface area contributed by atoms with Gasteiger partial charge < -0.3 is 14.8 Å². The van der Waals surface area contributed by atoms with Crippen molar-refractivity contribution in [3.05, 3.63) is 29.8 Å². The summed E-state index contributed by atoms with van der Waals surface area (Å²) in [6.45, 7) is 4.29. The smallest absolute Gasteiger partial charge is 0.148 e. The topological polar surface area (TPSA) is 30.5 Å². The maximum absolute atomic E-state index is 5.60. The first-order chi connectivity index (χ1) is 9.29. The molecule has 19 heavy (non-hydrogen) atoms. The van der Waals surface area contributed by atoms with Gasteiger partial charge in [0, 0.05) is 19.2 Å². The van der Waals surface area contributed by atoms with Crippen molar-refractivity contribution in [2.75, 3.05) is 19.8 Å². The highest BCUT2D eigenvalue weighted by atomic mass is 16.5. The van der Waals surface area contributed by atoms with E-state index in [9.17, 15) is 0 Å². The number of hydrogen-bond acceptors (Lipinski definition) is 3. The van der Waals surface area contributed by atoms with Gasteiger partial charge in [0.25, 0.3) is 0 Å². The van der Waals surface area contributed by atoms with Crippen molar-refractivity contribution in [1.82, 2.24) is 5.32 Å². The van der Waals surface area contributed by atoms with Crippen LogP contribution in [0.4, 0.5) is 0 Å². The molecule has 2 rings (SSSR count). The van der Waals surface area contributed by atoms with Crippen LogP contribution in [0.5, 0.6) is 5.75 Å². The molecule has 0 amide bonds. The van der Waals surface area contributed by atoms with Crippen LogP contribution in [0, 0.1) is 12.3 Å². The second-order valence-electron chi connectivity index (χ2n) is 4.83. The van der Waals surface area contributed by atoms with Crippen molar-refractivity contribution in [1.29, 1.82) is 0 Å². The molecule has 102 valence electrons. The molecule has 0 bridgehead atoms. The maximum Gasteiger partial charge on any atom is 0.148 e. The summed E-state index contributed by atoms with van der Waals surface area (Å²) in [5, 5.41) is 3.51. The zero-order chi connectivity index (χ0) is 13.5. The Morgan fingerprint density at radius 2 is 2.26 bits per heavy atom. The molecule has 3 heteroatoms. The van der Waals surface area contributed by atoms with Crippen LogP contribution < -0.4 is 10.1 Å². The van der Waals surface area contributed by atoms with Gasteiger partial charge in [-0.05, 0) is 37.5 Å². The van der Waals surface area contributed by atoms with Crippen LogP contribution in [0.15, 0.2) is 24.3 Å². The van der Waals surface area contributed by atoms with E-state index in [1.54, 1.807) is 0 Å². The predicted octanol–water partition coefficient (Wildman–Crippen LogP) is 2.53. The quantitative estimate of drug-likeness (QED) is 0.796. The third-order valence-electron chi connectivity index (χ3n) is 3.38. The van der Waals surface area contributed by atoms with Crippen LogP contribution in [0.2, 0.25) is 0 Å². The number of benzene rings is 1. The lowest BCUT2D eigenvalue weighted by Gasteiger charge is -2.17. The lowest BCUT2D eigenvalue weighted by atomic mass is 10.1. The molecule has 1 aliphatic rings. The largest absolute Gasteiger partial charge is 0.481 e. The summed E-state index contributed by atoms with van der Waals surface area (Å²) in [6, 6.07) is 8.36. The lowest BCUT2D eigenvalue weighted by molar-refractivity contribution is 0.108. The molecule has 0 aromatic heterocycles. The first-order valence-electron chi connectivity index (χ1n) is 6.81. The molecule has 0 radical (unpaired) electrons. The van der Waals surface area contributed by atoms with E-state index in [1.165, 1.54) is 18.4 Å². The summed E-state index contributed by atoms with van der Waals surface area (Å²) in [7, 11) is 0. The van der Waals surface area contributed by atoms with Crippen molar-refractivity contribution in [3.8, 4) is 18.1 Å². The number of rotatable bonds is 6. The van der Waals surface area contributed by atoms with Gasteiger partial charge in [0.1, 0.15) is 12.4 Å². The van der Waals surface area contributed by atoms with Crippen LogP contribution in [0.3, 0.4) is 0 Å². The fraction of sp³-hybridized carbons (Fsp3) is 0.500. The molecule has 0 spiro atoms. The standard InChI is InChI=1S/C16H21NO2/c1-3-10-18-15-8-6-14(7-9-15)13(2)17-12-16-5-4-11-19-16/h1,6-9,13,16-17H,4-5,10-12H2,2H3/t13-,16+/m1/s1. The van der Waals surface area contributed by atoms with E-state index in [-0.39, 0.29) is 0 Å². The second kappa shape index (κ2) is 7.18. The monoisotopic (exact) mass is 259 g/mol. The number of hydrogen-bond donors (Lipinski definition) is 1. The number of terminal acetylenes is 1. The van der Waals surface area contributed by atoms with Gasteiger partial charge in [-0.15, -0.1) is 6.42 Å². The van der Waals surface area contributed by atoms with Gasteiger partial charge in [-0.1, -0.05) is 18.1 Å². The predicted molar refractivity (Wildman–Crippen MR) is 76.2 cm³/mol. The summed E-state index contributed by atoms with van der Waals surface area (Å²) in [5.74, 6) is 3.27. The van der Waals surface area contributed by atoms with Gasteiger partial charge >= 0.3 is 0 Å².